The minimum Gasteiger partial charge on any atom is -0.482 e. The van der Waals surface area contributed by atoms with Crippen LogP contribution >= 0.6 is 23.2 Å². The van der Waals surface area contributed by atoms with E-state index in [4.69, 9.17) is 33.7 Å². The van der Waals surface area contributed by atoms with E-state index in [0.29, 0.717) is 43.0 Å². The highest BCUT2D eigenvalue weighted by Gasteiger charge is 2.45. The number of rotatable bonds is 18. The molecule has 0 aliphatic carbocycles. The van der Waals surface area contributed by atoms with Gasteiger partial charge in [-0.2, -0.15) is 0 Å². The molecule has 5 N–H and O–H groups in total. The summed E-state index contributed by atoms with van der Waals surface area (Å²) in [7, 11) is 0. The Bertz CT molecular complexity index is 2640. The van der Waals surface area contributed by atoms with E-state index in [-0.39, 0.29) is 80.7 Å². The van der Waals surface area contributed by atoms with E-state index >= 15 is 0 Å². The van der Waals surface area contributed by atoms with E-state index in [0.717, 1.165) is 55.9 Å². The molecule has 1 aromatic heterocycles. The van der Waals surface area contributed by atoms with Crippen LogP contribution in [-0.2, 0) is 14.4 Å². The molecule has 4 atom stereocenters. The van der Waals surface area contributed by atoms with Crippen molar-refractivity contribution >= 4 is 81.7 Å². The molecular weight excluding hydrogens is 932 g/mol. The average Bonchev–Trinajstić information content (AvgIpc) is 3.57. The predicted octanol–water partition coefficient (Wildman–Crippen LogP) is 7.59. The summed E-state index contributed by atoms with van der Waals surface area (Å²) in [6.07, 6.45) is 6.25. The number of nitrogen functional groups attached to an aromatic ring is 1. The number of aromatic nitrogens is 2. The fourth-order valence-electron chi connectivity index (χ4n) is 9.11. The van der Waals surface area contributed by atoms with Gasteiger partial charge in [0.15, 0.2) is 17.3 Å². The molecule has 3 aliphatic heterocycles. The molecule has 17 nitrogen and oxygen atoms in total. The molecule has 2 unspecified atom stereocenters. The largest absolute Gasteiger partial charge is 0.482 e. The number of nitrogens with two attached hydrogens (primary N) is 1. The average molecular weight is 987 g/mol. The van der Waals surface area contributed by atoms with Gasteiger partial charge in [0, 0.05) is 78.2 Å². The van der Waals surface area contributed by atoms with Crippen LogP contribution in [-0.4, -0.2) is 104 Å². The molecule has 0 saturated carbocycles. The zero-order chi connectivity index (χ0) is 49.5. The van der Waals surface area contributed by atoms with E-state index in [1.165, 1.54) is 12.1 Å². The van der Waals surface area contributed by atoms with Gasteiger partial charge < -0.3 is 30.9 Å². The van der Waals surface area contributed by atoms with Crippen molar-refractivity contribution in [1.29, 1.82) is 0 Å². The topological polar surface area (TPSA) is 226 Å². The van der Waals surface area contributed by atoms with Gasteiger partial charge in [-0.3, -0.25) is 43.8 Å². The molecule has 0 bridgehead atoms. The van der Waals surface area contributed by atoms with Gasteiger partial charge in [0.05, 0.1) is 16.1 Å². The van der Waals surface area contributed by atoms with Crippen molar-refractivity contribution in [3.05, 3.63) is 104 Å². The first-order valence-electron chi connectivity index (χ1n) is 23.1. The summed E-state index contributed by atoms with van der Waals surface area (Å²) in [5.74, 6) is -3.65. The van der Waals surface area contributed by atoms with Crippen molar-refractivity contribution in [3.63, 3.8) is 0 Å². The number of piperazine rings is 1. The summed E-state index contributed by atoms with van der Waals surface area (Å²) in [5, 5.41) is 15.9. The van der Waals surface area contributed by atoms with E-state index < -0.39 is 47.5 Å². The molecule has 4 heterocycles. The van der Waals surface area contributed by atoms with Gasteiger partial charge in [-0.05, 0) is 88.6 Å². The highest BCUT2D eigenvalue weighted by molar-refractivity contribution is 6.36. The number of hydrogen-bond donors (Lipinski definition) is 4. The number of amides is 7. The van der Waals surface area contributed by atoms with E-state index in [2.05, 4.69) is 26.1 Å². The standard InChI is InChI=1S/C49H54Cl2FN9O8/c1-27-25-59(47(66)30-15-17-31(18-16-30)55-45(64)36-24-38(44(53)58-57-36)69-29(3)41-33(50)19-20-34(52)43(41)51)26-28(2)60(27)40(63)14-9-7-5-4-6-8-10-23-54-35-13-11-12-32-42(35)49(68)61(48(32)67)37-21-22-39(62)56-46(37)65/h11-13,15-20,24,27-29,37,54H,4-10,14,21-23,25-26H2,1-3H3,(H2,53,58)(H,55,64)(H,56,62,65)/t27-,28+,29?,37?. The Hall–Kier alpha value is -6.66. The minimum atomic E-state index is -1.01. The number of carbonyl (C=O) groups is 7. The Morgan fingerprint density at radius 3 is 2.28 bits per heavy atom. The van der Waals surface area contributed by atoms with Crippen LogP contribution in [0.3, 0.4) is 0 Å². The summed E-state index contributed by atoms with van der Waals surface area (Å²) in [5.41, 5.74) is 7.90. The predicted molar refractivity (Wildman–Crippen MR) is 257 cm³/mol. The van der Waals surface area contributed by atoms with Crippen molar-refractivity contribution in [2.24, 2.45) is 0 Å². The zero-order valence-electron chi connectivity index (χ0n) is 38.5. The number of hydrogen-bond acceptors (Lipinski definition) is 12. The van der Waals surface area contributed by atoms with Crippen LogP contribution in [0, 0.1) is 5.82 Å². The van der Waals surface area contributed by atoms with E-state index in [1.54, 1.807) is 54.3 Å². The van der Waals surface area contributed by atoms with Crippen molar-refractivity contribution in [1.82, 2.24) is 30.2 Å². The summed E-state index contributed by atoms with van der Waals surface area (Å²) >= 11 is 12.4. The van der Waals surface area contributed by atoms with Gasteiger partial charge in [-0.15, -0.1) is 10.2 Å². The van der Waals surface area contributed by atoms with Gasteiger partial charge in [0.2, 0.25) is 17.7 Å². The SMILES string of the molecule is CC(Oc1cc(C(=O)Nc2ccc(C(=O)N3C[C@@H](C)N(C(=O)CCCCCCCCCNc4cccc5c4C(=O)N(C4CCC(=O)NC4=O)C5=O)[C@@H](C)C3)cc2)nnc1N)c1c(Cl)ccc(F)c1Cl. The Kier molecular flexibility index (Phi) is 16.1. The number of unbranched alkanes of at least 4 members (excludes halogenated alkanes) is 6. The van der Waals surface area contributed by atoms with Crippen molar-refractivity contribution in [3.8, 4) is 5.75 Å². The quantitative estimate of drug-likeness (QED) is 0.0430. The highest BCUT2D eigenvalue weighted by Crippen LogP contribution is 2.36. The van der Waals surface area contributed by atoms with Gasteiger partial charge >= 0.3 is 0 Å². The molecule has 3 aliphatic rings. The molecular formula is C49H54Cl2FN9O8. The molecule has 7 amide bonds. The molecule has 4 aromatic rings. The van der Waals surface area contributed by atoms with Gasteiger partial charge in [0.25, 0.3) is 23.6 Å². The van der Waals surface area contributed by atoms with Gasteiger partial charge in [-0.1, -0.05) is 61.4 Å². The summed E-state index contributed by atoms with van der Waals surface area (Å²) in [6.45, 7) is 6.84. The second-order valence-corrected chi connectivity index (χ2v) is 18.3. The lowest BCUT2D eigenvalue weighted by Crippen LogP contribution is -2.59. The molecule has 69 heavy (non-hydrogen) atoms. The maximum Gasteiger partial charge on any atom is 0.276 e. The number of carbonyl (C=O) groups excluding carboxylic acids is 7. The second kappa shape index (κ2) is 22.2. The van der Waals surface area contributed by atoms with Crippen LogP contribution in [0.2, 0.25) is 10.0 Å². The molecule has 2 fully saturated rings. The number of piperidine rings is 1. The number of halogens is 3. The lowest BCUT2D eigenvalue weighted by Gasteiger charge is -2.44. The number of nitrogens with zero attached hydrogens (tertiary/aromatic N) is 5. The molecule has 0 radical (unpaired) electrons. The fourth-order valence-corrected chi connectivity index (χ4v) is 9.79. The smallest absolute Gasteiger partial charge is 0.276 e. The molecule has 7 rings (SSSR count). The molecule has 20 heteroatoms. The Balaban J connectivity index is 0.792. The van der Waals surface area contributed by atoms with Crippen molar-refractivity contribution in [2.75, 3.05) is 36.0 Å². The van der Waals surface area contributed by atoms with Crippen molar-refractivity contribution in [2.45, 2.75) is 109 Å². The number of nitrogens with one attached hydrogen (secondary N) is 3. The summed E-state index contributed by atoms with van der Waals surface area (Å²) in [6, 6.07) is 13.9. The molecule has 3 aromatic carbocycles. The number of fused-ring (bicyclic) bond motifs is 1. The second-order valence-electron chi connectivity index (χ2n) is 17.6. The first-order chi connectivity index (χ1) is 33.0. The van der Waals surface area contributed by atoms with Crippen LogP contribution < -0.4 is 26.4 Å². The zero-order valence-corrected chi connectivity index (χ0v) is 40.0. The van der Waals surface area contributed by atoms with Crippen LogP contribution in [0.1, 0.15) is 138 Å². The Morgan fingerprint density at radius 2 is 1.58 bits per heavy atom. The van der Waals surface area contributed by atoms with Crippen LogP contribution in [0.5, 0.6) is 5.75 Å². The molecule has 2 saturated heterocycles. The van der Waals surface area contributed by atoms with Gasteiger partial charge in [0.1, 0.15) is 18.0 Å². The summed E-state index contributed by atoms with van der Waals surface area (Å²) < 4.78 is 20.0. The van der Waals surface area contributed by atoms with Gasteiger partial charge in [-0.25, -0.2) is 4.39 Å². The number of ether oxygens (including phenoxy) is 1. The maximum absolute atomic E-state index is 14.1. The monoisotopic (exact) mass is 985 g/mol. The lowest BCUT2D eigenvalue weighted by molar-refractivity contribution is -0.139. The fraction of sp³-hybridized carbons (Fsp3) is 0.408. The van der Waals surface area contributed by atoms with E-state index in [9.17, 15) is 38.0 Å². The number of anilines is 3. The van der Waals surface area contributed by atoms with Crippen molar-refractivity contribution < 1.29 is 42.7 Å². The first kappa shape index (κ1) is 50.2. The highest BCUT2D eigenvalue weighted by atomic mass is 35.5. The minimum absolute atomic E-state index is 0.0109. The number of imide groups is 2. The Labute approximate surface area is 408 Å². The third kappa shape index (κ3) is 11.5. The third-order valence-electron chi connectivity index (χ3n) is 12.5. The van der Waals surface area contributed by atoms with Crippen LogP contribution in [0.4, 0.5) is 21.6 Å². The van der Waals surface area contributed by atoms with Crippen LogP contribution in [0.15, 0.2) is 60.7 Å². The normalized spacial score (nSPS) is 18.5. The first-order valence-corrected chi connectivity index (χ1v) is 23.8. The van der Waals surface area contributed by atoms with Crippen LogP contribution in [0.25, 0.3) is 0 Å². The van der Waals surface area contributed by atoms with E-state index in [1.807, 2.05) is 18.7 Å². The maximum atomic E-state index is 14.1. The molecule has 0 spiro atoms. The summed E-state index contributed by atoms with van der Waals surface area (Å²) in [4.78, 5) is 95.2. The molecule has 364 valence electrons. The third-order valence-corrected chi connectivity index (χ3v) is 13.3. The lowest BCUT2D eigenvalue weighted by atomic mass is 10.0. The Morgan fingerprint density at radius 1 is 0.899 bits per heavy atom. The number of benzene rings is 3.